The first-order valence-corrected chi connectivity index (χ1v) is 14.5. The van der Waals surface area contributed by atoms with Crippen LogP contribution in [0.2, 0.25) is 0 Å². The largest absolute Gasteiger partial charge is 0.397 e. The summed E-state index contributed by atoms with van der Waals surface area (Å²) in [6, 6.07) is 15.7. The number of fused-ring (bicyclic) bond motifs is 2. The third-order valence-electron chi connectivity index (χ3n) is 8.77. The van der Waals surface area contributed by atoms with Crippen molar-refractivity contribution in [3.8, 4) is 0 Å². The van der Waals surface area contributed by atoms with Crippen LogP contribution in [0.3, 0.4) is 0 Å². The predicted molar refractivity (Wildman–Crippen MR) is 159 cm³/mol. The second kappa shape index (κ2) is 11.6. The molecule has 0 saturated heterocycles. The minimum Gasteiger partial charge on any atom is -0.397 e. The number of benzene rings is 1. The van der Waals surface area contributed by atoms with Crippen molar-refractivity contribution in [2.75, 3.05) is 11.1 Å². The van der Waals surface area contributed by atoms with E-state index in [-0.39, 0.29) is 17.7 Å². The van der Waals surface area contributed by atoms with Crippen LogP contribution in [0.4, 0.5) is 11.5 Å². The predicted octanol–water partition coefficient (Wildman–Crippen LogP) is 5.47. The Bertz CT molecular complexity index is 1490. The van der Waals surface area contributed by atoms with Gasteiger partial charge >= 0.3 is 0 Å². The van der Waals surface area contributed by atoms with E-state index in [1.54, 1.807) is 16.8 Å². The topological polar surface area (TPSA) is 126 Å². The Morgan fingerprint density at radius 3 is 2.62 bits per heavy atom. The van der Waals surface area contributed by atoms with Gasteiger partial charge in [0.1, 0.15) is 5.82 Å². The molecule has 1 fully saturated rings. The highest BCUT2D eigenvalue weighted by Gasteiger charge is 2.50. The van der Waals surface area contributed by atoms with E-state index in [0.29, 0.717) is 24.3 Å². The van der Waals surface area contributed by atoms with Crippen molar-refractivity contribution < 1.29 is 15.0 Å². The first-order valence-electron chi connectivity index (χ1n) is 14.5. The summed E-state index contributed by atoms with van der Waals surface area (Å²) in [6.07, 6.45) is 5.69. The molecular weight excluding hydrogens is 502 g/mol. The standard InChI is InChI=1S/C32H41N5O3/c1-4-6-22(7-5-2)31(40)36-28-13-10-21-9-8-20(18-25(21)35-28)14-16-32(3)19-23(29(38)30(32)39)26-11-12-27-24(33)15-17-34-37(26)27/h8-13,15,17-18,22-23,29-30,38-39H,4-7,14,16,19,33H2,1-3H3,(H,35,36,40)/t23-,29-,30-,32-/m0/s1. The number of aliphatic hydroxyl groups excluding tert-OH is 2. The van der Waals surface area contributed by atoms with Gasteiger partial charge in [-0.3, -0.25) is 4.79 Å². The summed E-state index contributed by atoms with van der Waals surface area (Å²) < 4.78 is 1.78. The number of aliphatic hydroxyl groups is 2. The minimum absolute atomic E-state index is 0.00879. The number of hydrogen-bond acceptors (Lipinski definition) is 6. The lowest BCUT2D eigenvalue weighted by Crippen LogP contribution is -2.34. The van der Waals surface area contributed by atoms with Gasteiger partial charge in [-0.05, 0) is 79.5 Å². The van der Waals surface area contributed by atoms with Crippen LogP contribution in [0.15, 0.2) is 54.7 Å². The van der Waals surface area contributed by atoms with Gasteiger partial charge in [-0.25, -0.2) is 9.50 Å². The molecule has 0 spiro atoms. The minimum atomic E-state index is -0.889. The van der Waals surface area contributed by atoms with Crippen LogP contribution in [-0.2, 0) is 11.2 Å². The molecule has 1 amide bonds. The molecule has 0 radical (unpaired) electrons. The van der Waals surface area contributed by atoms with E-state index >= 15 is 0 Å². The fourth-order valence-corrected chi connectivity index (χ4v) is 6.39. The lowest BCUT2D eigenvalue weighted by Gasteiger charge is -2.28. The second-order valence-electron chi connectivity index (χ2n) is 11.7. The van der Waals surface area contributed by atoms with Crippen molar-refractivity contribution in [2.24, 2.45) is 11.3 Å². The van der Waals surface area contributed by atoms with Crippen molar-refractivity contribution in [3.05, 3.63) is 66.0 Å². The molecule has 40 heavy (non-hydrogen) atoms. The normalized spacial score (nSPS) is 22.9. The Kier molecular flexibility index (Phi) is 8.10. The van der Waals surface area contributed by atoms with Gasteiger partial charge in [0.05, 0.1) is 28.9 Å². The zero-order valence-corrected chi connectivity index (χ0v) is 23.7. The molecular formula is C32H41N5O3. The van der Waals surface area contributed by atoms with Gasteiger partial charge in [-0.1, -0.05) is 45.7 Å². The highest BCUT2D eigenvalue weighted by Crippen LogP contribution is 2.49. The average molecular weight is 544 g/mol. The molecule has 212 valence electrons. The summed E-state index contributed by atoms with van der Waals surface area (Å²) in [5.74, 6) is 0.376. The van der Waals surface area contributed by atoms with E-state index in [0.717, 1.165) is 59.8 Å². The lowest BCUT2D eigenvalue weighted by atomic mass is 9.80. The molecule has 4 atom stereocenters. The smallest absolute Gasteiger partial charge is 0.228 e. The third-order valence-corrected chi connectivity index (χ3v) is 8.77. The van der Waals surface area contributed by atoms with Crippen molar-refractivity contribution in [1.29, 1.82) is 0 Å². The van der Waals surface area contributed by atoms with Gasteiger partial charge in [-0.2, -0.15) is 5.10 Å². The van der Waals surface area contributed by atoms with Crippen LogP contribution in [0, 0.1) is 11.3 Å². The highest BCUT2D eigenvalue weighted by molar-refractivity contribution is 5.93. The number of carbonyl (C=O) groups is 1. The Labute approximate surface area is 235 Å². The monoisotopic (exact) mass is 543 g/mol. The van der Waals surface area contributed by atoms with E-state index in [9.17, 15) is 15.0 Å². The fourth-order valence-electron chi connectivity index (χ4n) is 6.39. The van der Waals surface area contributed by atoms with Gasteiger partial charge in [0, 0.05) is 29.1 Å². The molecule has 5 rings (SSSR count). The molecule has 0 bridgehead atoms. The quantitative estimate of drug-likeness (QED) is 0.210. The van der Waals surface area contributed by atoms with Gasteiger partial charge in [0.2, 0.25) is 5.91 Å². The Hall–Kier alpha value is -3.49. The number of rotatable bonds is 10. The van der Waals surface area contributed by atoms with Crippen LogP contribution >= 0.6 is 0 Å². The second-order valence-corrected chi connectivity index (χ2v) is 11.7. The number of aromatic nitrogens is 3. The van der Waals surface area contributed by atoms with Crippen molar-refractivity contribution in [1.82, 2.24) is 14.6 Å². The molecule has 1 aromatic carbocycles. The van der Waals surface area contributed by atoms with Crippen LogP contribution in [0.25, 0.3) is 16.4 Å². The molecule has 0 aliphatic heterocycles. The first kappa shape index (κ1) is 28.1. The number of amides is 1. The SMILES string of the molecule is CCCC(CCC)C(=O)Nc1ccc2ccc(CC[C@@]3(C)C[C@@H](c4ccc5c(N)ccnn45)[C@H](O)[C@@H]3O)cc2n1. The maximum atomic E-state index is 12.8. The van der Waals surface area contributed by atoms with Gasteiger partial charge in [0.25, 0.3) is 0 Å². The summed E-state index contributed by atoms with van der Waals surface area (Å²) in [5.41, 5.74) is 9.87. The van der Waals surface area contributed by atoms with Crippen molar-refractivity contribution >= 4 is 33.8 Å². The van der Waals surface area contributed by atoms with Gasteiger partial charge < -0.3 is 21.3 Å². The summed E-state index contributed by atoms with van der Waals surface area (Å²) >= 11 is 0. The van der Waals surface area contributed by atoms with Crippen LogP contribution in [0.5, 0.6) is 0 Å². The van der Waals surface area contributed by atoms with Crippen LogP contribution in [0.1, 0.15) is 76.5 Å². The van der Waals surface area contributed by atoms with Gasteiger partial charge in [0.15, 0.2) is 0 Å². The van der Waals surface area contributed by atoms with E-state index in [2.05, 4.69) is 43.3 Å². The Morgan fingerprint density at radius 1 is 1.12 bits per heavy atom. The molecule has 4 aromatic rings. The zero-order chi connectivity index (χ0) is 28.4. The molecule has 8 heteroatoms. The molecule has 1 saturated carbocycles. The molecule has 3 heterocycles. The molecule has 1 aliphatic carbocycles. The Balaban J connectivity index is 1.30. The summed E-state index contributed by atoms with van der Waals surface area (Å²) in [7, 11) is 0. The summed E-state index contributed by atoms with van der Waals surface area (Å²) in [5, 5.41) is 30.7. The van der Waals surface area contributed by atoms with Crippen molar-refractivity contribution in [2.45, 2.75) is 83.8 Å². The number of aryl methyl sites for hydroxylation is 1. The maximum Gasteiger partial charge on any atom is 0.228 e. The summed E-state index contributed by atoms with van der Waals surface area (Å²) in [6.45, 7) is 6.26. The average Bonchev–Trinajstić information content (AvgIpc) is 3.47. The van der Waals surface area contributed by atoms with Gasteiger partial charge in [-0.15, -0.1) is 0 Å². The summed E-state index contributed by atoms with van der Waals surface area (Å²) in [4.78, 5) is 17.6. The molecule has 5 N–H and O–H groups in total. The number of nitrogens with zero attached hydrogens (tertiary/aromatic N) is 3. The third kappa shape index (κ3) is 5.43. The van der Waals surface area contributed by atoms with E-state index in [1.165, 1.54) is 0 Å². The van der Waals surface area contributed by atoms with E-state index in [1.807, 2.05) is 30.3 Å². The number of nitrogen functional groups attached to an aromatic ring is 1. The number of nitrogens with two attached hydrogens (primary N) is 1. The maximum absolute atomic E-state index is 12.8. The molecule has 0 unspecified atom stereocenters. The van der Waals surface area contributed by atoms with E-state index < -0.39 is 17.6 Å². The number of nitrogens with one attached hydrogen (secondary N) is 1. The lowest BCUT2D eigenvalue weighted by molar-refractivity contribution is -0.120. The fraction of sp³-hybridized carbons (Fsp3) is 0.469. The Morgan fingerprint density at radius 2 is 1.88 bits per heavy atom. The van der Waals surface area contributed by atoms with E-state index in [4.69, 9.17) is 10.7 Å². The number of anilines is 2. The number of carbonyl (C=O) groups excluding carboxylic acids is 1. The molecule has 1 aliphatic rings. The molecule has 8 nitrogen and oxygen atoms in total. The first-order chi connectivity index (χ1) is 19.2. The van der Waals surface area contributed by atoms with Crippen LogP contribution < -0.4 is 11.1 Å². The number of pyridine rings is 1. The zero-order valence-electron chi connectivity index (χ0n) is 23.7. The highest BCUT2D eigenvalue weighted by atomic mass is 16.3. The molecule has 3 aromatic heterocycles. The van der Waals surface area contributed by atoms with Crippen molar-refractivity contribution in [3.63, 3.8) is 0 Å². The number of hydrogen-bond donors (Lipinski definition) is 4. The van der Waals surface area contributed by atoms with Crippen LogP contribution in [-0.4, -0.2) is 42.9 Å².